The smallest absolute Gasteiger partial charge is 0.294 e. The molecule has 3 N–H and O–H groups in total. The first-order chi connectivity index (χ1) is 10.4. The molecule has 0 amide bonds. The van der Waals surface area contributed by atoms with Crippen molar-refractivity contribution in [3.63, 3.8) is 0 Å². The van der Waals surface area contributed by atoms with Crippen LogP contribution in [0.5, 0.6) is 5.75 Å². The van der Waals surface area contributed by atoms with Crippen molar-refractivity contribution >= 4 is 32.3 Å². The number of para-hydroxylation sites is 1. The van der Waals surface area contributed by atoms with E-state index >= 15 is 0 Å². The third kappa shape index (κ3) is 2.74. The summed E-state index contributed by atoms with van der Waals surface area (Å²) in [6.45, 7) is 0. The van der Waals surface area contributed by atoms with Gasteiger partial charge < -0.3 is 10.4 Å². The number of anilines is 2. The van der Waals surface area contributed by atoms with Gasteiger partial charge in [-0.15, -0.1) is 0 Å². The molecule has 0 fully saturated rings. The second kappa shape index (κ2) is 5.32. The van der Waals surface area contributed by atoms with Gasteiger partial charge in [0.25, 0.3) is 10.1 Å². The van der Waals surface area contributed by atoms with Crippen LogP contribution in [0, 0.1) is 0 Å². The summed E-state index contributed by atoms with van der Waals surface area (Å²) >= 11 is 0. The second-order valence-electron chi connectivity index (χ2n) is 4.81. The van der Waals surface area contributed by atoms with Crippen LogP contribution in [-0.4, -0.2) is 18.1 Å². The molecule has 0 aliphatic carbocycles. The molecule has 0 spiro atoms. The number of nitrogens with one attached hydrogen (secondary N) is 1. The molecule has 0 aliphatic heterocycles. The highest BCUT2D eigenvalue weighted by Gasteiger charge is 2.15. The molecule has 0 unspecified atom stereocenters. The Hall–Kier alpha value is -2.57. The van der Waals surface area contributed by atoms with Crippen molar-refractivity contribution in [2.24, 2.45) is 0 Å². The molecule has 0 heterocycles. The number of fused-ring (bicyclic) bond motifs is 1. The molecule has 0 saturated carbocycles. The lowest BCUT2D eigenvalue weighted by atomic mass is 10.1. The van der Waals surface area contributed by atoms with E-state index in [0.29, 0.717) is 16.5 Å². The maximum absolute atomic E-state index is 11.3. The quantitative estimate of drug-likeness (QED) is 0.644. The maximum atomic E-state index is 11.3. The summed E-state index contributed by atoms with van der Waals surface area (Å²) in [7, 11) is -4.39. The molecule has 3 aromatic rings. The number of phenols is 1. The van der Waals surface area contributed by atoms with Crippen molar-refractivity contribution in [3.8, 4) is 5.75 Å². The minimum absolute atomic E-state index is 0.207. The van der Waals surface area contributed by atoms with Crippen molar-refractivity contribution in [3.05, 3.63) is 60.7 Å². The van der Waals surface area contributed by atoms with E-state index in [9.17, 15) is 18.1 Å². The van der Waals surface area contributed by atoms with Gasteiger partial charge in [0.1, 0.15) is 5.75 Å². The van der Waals surface area contributed by atoms with E-state index in [1.165, 1.54) is 6.07 Å². The Labute approximate surface area is 127 Å². The van der Waals surface area contributed by atoms with Crippen molar-refractivity contribution in [1.29, 1.82) is 0 Å². The van der Waals surface area contributed by atoms with Gasteiger partial charge in [-0.25, -0.2) is 0 Å². The molecule has 0 aromatic heterocycles. The van der Waals surface area contributed by atoms with E-state index in [-0.39, 0.29) is 10.6 Å². The number of hydrogen-bond acceptors (Lipinski definition) is 4. The highest BCUT2D eigenvalue weighted by Crippen LogP contribution is 2.34. The van der Waals surface area contributed by atoms with Crippen molar-refractivity contribution < 1.29 is 18.1 Å². The lowest BCUT2D eigenvalue weighted by Gasteiger charge is -2.11. The number of rotatable bonds is 3. The van der Waals surface area contributed by atoms with Crippen LogP contribution in [0.4, 0.5) is 11.4 Å². The monoisotopic (exact) mass is 315 g/mol. The molecule has 6 heteroatoms. The van der Waals surface area contributed by atoms with Crippen LogP contribution in [0.1, 0.15) is 0 Å². The van der Waals surface area contributed by atoms with E-state index < -0.39 is 10.1 Å². The van der Waals surface area contributed by atoms with Crippen LogP contribution in [0.3, 0.4) is 0 Å². The van der Waals surface area contributed by atoms with Gasteiger partial charge in [-0.1, -0.05) is 30.3 Å². The Kier molecular flexibility index (Phi) is 3.48. The highest BCUT2D eigenvalue weighted by molar-refractivity contribution is 7.85. The lowest BCUT2D eigenvalue weighted by molar-refractivity contribution is 0.471. The van der Waals surface area contributed by atoms with Gasteiger partial charge in [-0.2, -0.15) is 8.42 Å². The average Bonchev–Trinajstić information content (AvgIpc) is 2.48. The van der Waals surface area contributed by atoms with Crippen molar-refractivity contribution in [1.82, 2.24) is 0 Å². The lowest BCUT2D eigenvalue weighted by Crippen LogP contribution is -1.99. The summed E-state index contributed by atoms with van der Waals surface area (Å²) in [5, 5.41) is 14.2. The molecule has 0 saturated heterocycles. The SMILES string of the molecule is O=S(=O)(O)c1cc(O)c2cccc(Nc3ccccc3)c2c1. The average molecular weight is 315 g/mol. The zero-order valence-corrected chi connectivity index (χ0v) is 12.2. The van der Waals surface area contributed by atoms with E-state index in [1.807, 2.05) is 30.3 Å². The molecule has 0 radical (unpaired) electrons. The van der Waals surface area contributed by atoms with E-state index in [2.05, 4.69) is 5.32 Å². The van der Waals surface area contributed by atoms with Gasteiger partial charge in [0.2, 0.25) is 0 Å². The molecule has 3 rings (SSSR count). The van der Waals surface area contributed by atoms with Gasteiger partial charge >= 0.3 is 0 Å². The zero-order chi connectivity index (χ0) is 15.7. The third-order valence-corrected chi connectivity index (χ3v) is 4.13. The minimum Gasteiger partial charge on any atom is -0.507 e. The van der Waals surface area contributed by atoms with Crippen LogP contribution in [0.25, 0.3) is 10.8 Å². The second-order valence-corrected chi connectivity index (χ2v) is 6.23. The Morgan fingerprint density at radius 1 is 0.864 bits per heavy atom. The van der Waals surface area contributed by atoms with Crippen molar-refractivity contribution in [2.75, 3.05) is 5.32 Å². The molecule has 0 aliphatic rings. The number of hydrogen-bond donors (Lipinski definition) is 3. The molecule has 5 nitrogen and oxygen atoms in total. The predicted molar refractivity (Wildman–Crippen MR) is 85.2 cm³/mol. The molecule has 3 aromatic carbocycles. The first kappa shape index (κ1) is 14.4. The Morgan fingerprint density at radius 3 is 2.27 bits per heavy atom. The van der Waals surface area contributed by atoms with Crippen LogP contribution in [0.15, 0.2) is 65.6 Å². The van der Waals surface area contributed by atoms with E-state index in [4.69, 9.17) is 0 Å². The maximum Gasteiger partial charge on any atom is 0.294 e. The minimum atomic E-state index is -4.39. The topological polar surface area (TPSA) is 86.6 Å². The molecule has 22 heavy (non-hydrogen) atoms. The van der Waals surface area contributed by atoms with E-state index in [1.54, 1.807) is 18.2 Å². The Morgan fingerprint density at radius 2 is 1.59 bits per heavy atom. The summed E-state index contributed by atoms with van der Waals surface area (Å²) in [6, 6.07) is 16.9. The molecule has 0 bridgehead atoms. The van der Waals surface area contributed by atoms with E-state index in [0.717, 1.165) is 11.8 Å². The fraction of sp³-hybridized carbons (Fsp3) is 0. The fourth-order valence-electron chi connectivity index (χ4n) is 2.28. The van der Waals surface area contributed by atoms with Gasteiger partial charge in [-0.3, -0.25) is 4.55 Å². The summed E-state index contributed by atoms with van der Waals surface area (Å²) in [5.41, 5.74) is 1.45. The summed E-state index contributed by atoms with van der Waals surface area (Å²) in [6.07, 6.45) is 0. The zero-order valence-electron chi connectivity index (χ0n) is 11.4. The van der Waals surface area contributed by atoms with Gasteiger partial charge in [-0.05, 0) is 24.3 Å². The number of aromatic hydroxyl groups is 1. The summed E-state index contributed by atoms with van der Waals surface area (Å²) in [5.74, 6) is -0.207. The van der Waals surface area contributed by atoms with Gasteiger partial charge in [0, 0.05) is 28.2 Å². The summed E-state index contributed by atoms with van der Waals surface area (Å²) < 4.78 is 31.8. The predicted octanol–water partition coefficient (Wildman–Crippen LogP) is 3.54. The molecule has 112 valence electrons. The third-order valence-electron chi connectivity index (χ3n) is 3.30. The highest BCUT2D eigenvalue weighted by atomic mass is 32.2. The van der Waals surface area contributed by atoms with Crippen LogP contribution in [-0.2, 0) is 10.1 Å². The van der Waals surface area contributed by atoms with Crippen LogP contribution >= 0.6 is 0 Å². The molecular formula is C16H13NO4S. The molecular weight excluding hydrogens is 302 g/mol. The summed E-state index contributed by atoms with van der Waals surface area (Å²) in [4.78, 5) is -0.347. The van der Waals surface area contributed by atoms with Gasteiger partial charge in [0.05, 0.1) is 4.90 Å². The fourth-order valence-corrected chi connectivity index (χ4v) is 2.80. The Bertz CT molecular complexity index is 937. The van der Waals surface area contributed by atoms with Crippen LogP contribution in [0.2, 0.25) is 0 Å². The first-order valence-corrected chi connectivity index (χ1v) is 7.94. The Balaban J connectivity index is 2.20. The molecule has 0 atom stereocenters. The van der Waals surface area contributed by atoms with Crippen LogP contribution < -0.4 is 5.32 Å². The number of phenolic OH excluding ortho intramolecular Hbond substituents is 1. The largest absolute Gasteiger partial charge is 0.507 e. The normalized spacial score (nSPS) is 11.5. The standard InChI is InChI=1S/C16H13NO4S/c18-16-10-12(22(19,20)21)9-14-13(16)7-4-8-15(14)17-11-5-2-1-3-6-11/h1-10,17-18H,(H,19,20,21). The van der Waals surface area contributed by atoms with Gasteiger partial charge in [0.15, 0.2) is 0 Å². The number of benzene rings is 3. The first-order valence-electron chi connectivity index (χ1n) is 6.50. The van der Waals surface area contributed by atoms with Crippen molar-refractivity contribution in [2.45, 2.75) is 4.90 Å².